The predicted molar refractivity (Wildman–Crippen MR) is 106 cm³/mol. The molecule has 0 atom stereocenters. The average molecular weight is 426 g/mol. The Hall–Kier alpha value is -2.52. The highest BCUT2D eigenvalue weighted by atomic mass is 32.2. The highest BCUT2D eigenvalue weighted by Gasteiger charge is 2.17. The average Bonchev–Trinajstić information content (AvgIpc) is 2.69. The Morgan fingerprint density at radius 3 is 2.34 bits per heavy atom. The van der Waals surface area contributed by atoms with Crippen LogP contribution >= 0.6 is 0 Å². The topological polar surface area (TPSA) is 84.5 Å². The molecule has 0 saturated heterocycles. The van der Waals surface area contributed by atoms with Crippen molar-refractivity contribution in [3.8, 4) is 0 Å². The summed E-state index contributed by atoms with van der Waals surface area (Å²) in [6.07, 6.45) is 2.78. The SMILES string of the molecule is CCCCOCCCNC(=O)c1ccc(NS(=O)(=O)c2ccc(F)c(F)c2)cc1. The maximum absolute atomic E-state index is 13.3. The fraction of sp³-hybridized carbons (Fsp3) is 0.350. The van der Waals surface area contributed by atoms with Gasteiger partial charge in [0.15, 0.2) is 11.6 Å². The zero-order valence-corrected chi connectivity index (χ0v) is 16.9. The molecule has 158 valence electrons. The van der Waals surface area contributed by atoms with E-state index >= 15 is 0 Å². The first-order chi connectivity index (χ1) is 13.8. The normalized spacial score (nSPS) is 11.3. The van der Waals surface area contributed by atoms with Crippen LogP contribution < -0.4 is 10.0 Å². The van der Waals surface area contributed by atoms with E-state index in [1.807, 2.05) is 0 Å². The molecule has 0 saturated carbocycles. The Kier molecular flexibility index (Phi) is 8.53. The van der Waals surface area contributed by atoms with Crippen LogP contribution in [0.15, 0.2) is 47.4 Å². The van der Waals surface area contributed by atoms with Crippen LogP contribution in [0.4, 0.5) is 14.5 Å². The van der Waals surface area contributed by atoms with Crippen LogP contribution in [0.3, 0.4) is 0 Å². The van der Waals surface area contributed by atoms with Crippen LogP contribution in [0, 0.1) is 11.6 Å². The number of unbranched alkanes of at least 4 members (excludes halogenated alkanes) is 1. The van der Waals surface area contributed by atoms with Crippen molar-refractivity contribution in [2.75, 3.05) is 24.5 Å². The molecule has 6 nitrogen and oxygen atoms in total. The van der Waals surface area contributed by atoms with Crippen molar-refractivity contribution < 1.29 is 26.7 Å². The number of ether oxygens (including phenoxy) is 1. The molecule has 2 aromatic carbocycles. The molecule has 0 unspecified atom stereocenters. The van der Waals surface area contributed by atoms with Gasteiger partial charge < -0.3 is 10.1 Å². The molecule has 0 spiro atoms. The van der Waals surface area contributed by atoms with Crippen LogP contribution in [-0.4, -0.2) is 34.1 Å². The van der Waals surface area contributed by atoms with E-state index in [9.17, 15) is 22.0 Å². The second-order valence-corrected chi connectivity index (χ2v) is 8.02. The summed E-state index contributed by atoms with van der Waals surface area (Å²) in [4.78, 5) is 11.7. The van der Waals surface area contributed by atoms with Crippen LogP contribution in [-0.2, 0) is 14.8 Å². The molecule has 0 aliphatic heterocycles. The van der Waals surface area contributed by atoms with Crippen LogP contribution in [0.1, 0.15) is 36.5 Å². The van der Waals surface area contributed by atoms with Crippen molar-refractivity contribution >= 4 is 21.6 Å². The molecule has 9 heteroatoms. The number of hydrogen-bond donors (Lipinski definition) is 2. The Bertz CT molecular complexity index is 919. The van der Waals surface area contributed by atoms with Gasteiger partial charge in [-0.05, 0) is 55.3 Å². The van der Waals surface area contributed by atoms with Gasteiger partial charge in [0.05, 0.1) is 4.90 Å². The van der Waals surface area contributed by atoms with Gasteiger partial charge in [0.2, 0.25) is 0 Å². The van der Waals surface area contributed by atoms with E-state index in [0.717, 1.165) is 25.0 Å². The Balaban J connectivity index is 1.87. The molecule has 0 aromatic heterocycles. The number of carbonyl (C=O) groups excluding carboxylic acids is 1. The summed E-state index contributed by atoms with van der Waals surface area (Å²) >= 11 is 0. The second-order valence-electron chi connectivity index (χ2n) is 6.33. The molecule has 2 aromatic rings. The molecular weight excluding hydrogens is 402 g/mol. The quantitative estimate of drug-likeness (QED) is 0.537. The first-order valence-electron chi connectivity index (χ1n) is 9.27. The maximum atomic E-state index is 13.3. The molecule has 0 fully saturated rings. The number of anilines is 1. The number of rotatable bonds is 11. The highest BCUT2D eigenvalue weighted by Crippen LogP contribution is 2.18. The molecule has 0 bridgehead atoms. The van der Waals surface area contributed by atoms with E-state index in [2.05, 4.69) is 17.0 Å². The molecule has 2 rings (SSSR count). The summed E-state index contributed by atoms with van der Waals surface area (Å²) in [5.74, 6) is -2.67. The van der Waals surface area contributed by atoms with E-state index < -0.39 is 26.6 Å². The van der Waals surface area contributed by atoms with Gasteiger partial charge in [-0.25, -0.2) is 17.2 Å². The minimum atomic E-state index is -4.08. The molecule has 0 heterocycles. The Morgan fingerprint density at radius 1 is 1.00 bits per heavy atom. The van der Waals surface area contributed by atoms with Crippen molar-refractivity contribution in [3.05, 3.63) is 59.7 Å². The maximum Gasteiger partial charge on any atom is 0.261 e. The number of halogens is 2. The minimum Gasteiger partial charge on any atom is -0.381 e. The third kappa shape index (κ3) is 7.10. The summed E-state index contributed by atoms with van der Waals surface area (Å²) in [6.45, 7) is 3.84. The number of hydrogen-bond acceptors (Lipinski definition) is 4. The van der Waals surface area contributed by atoms with Gasteiger partial charge >= 0.3 is 0 Å². The second kappa shape index (κ2) is 10.9. The third-order valence-corrected chi connectivity index (χ3v) is 5.37. The summed E-state index contributed by atoms with van der Waals surface area (Å²) in [7, 11) is -4.08. The van der Waals surface area contributed by atoms with Crippen molar-refractivity contribution in [3.63, 3.8) is 0 Å². The molecule has 2 N–H and O–H groups in total. The first-order valence-corrected chi connectivity index (χ1v) is 10.8. The standard InChI is InChI=1S/C20H24F2N2O4S/c1-2-3-12-28-13-4-11-23-20(25)15-5-7-16(8-6-15)24-29(26,27)17-9-10-18(21)19(22)14-17/h5-10,14,24H,2-4,11-13H2,1H3,(H,23,25). The van der Waals surface area contributed by atoms with E-state index in [-0.39, 0.29) is 11.6 Å². The monoisotopic (exact) mass is 426 g/mol. The molecule has 1 amide bonds. The van der Waals surface area contributed by atoms with E-state index in [0.29, 0.717) is 37.8 Å². The van der Waals surface area contributed by atoms with Crippen molar-refractivity contribution in [1.29, 1.82) is 0 Å². The highest BCUT2D eigenvalue weighted by molar-refractivity contribution is 7.92. The van der Waals surface area contributed by atoms with Gasteiger partial charge in [-0.2, -0.15) is 0 Å². The van der Waals surface area contributed by atoms with E-state index in [1.165, 1.54) is 24.3 Å². The zero-order chi connectivity index (χ0) is 21.3. The number of amides is 1. The zero-order valence-electron chi connectivity index (χ0n) is 16.1. The lowest BCUT2D eigenvalue weighted by molar-refractivity contribution is 0.0940. The molecular formula is C20H24F2N2O4S. The molecule has 0 radical (unpaired) electrons. The molecule has 0 aliphatic rings. The largest absolute Gasteiger partial charge is 0.381 e. The van der Waals surface area contributed by atoms with Gasteiger partial charge in [-0.1, -0.05) is 13.3 Å². The fourth-order valence-electron chi connectivity index (χ4n) is 2.37. The predicted octanol–water partition coefficient (Wildman–Crippen LogP) is 3.70. The summed E-state index contributed by atoms with van der Waals surface area (Å²) < 4.78 is 58.4. The fourth-order valence-corrected chi connectivity index (χ4v) is 3.44. The van der Waals surface area contributed by atoms with Crippen molar-refractivity contribution in [1.82, 2.24) is 5.32 Å². The van der Waals surface area contributed by atoms with Gasteiger partial charge in [-0.15, -0.1) is 0 Å². The van der Waals surface area contributed by atoms with Crippen LogP contribution in [0.25, 0.3) is 0 Å². The van der Waals surface area contributed by atoms with Gasteiger partial charge in [0.25, 0.3) is 15.9 Å². The minimum absolute atomic E-state index is 0.190. The third-order valence-electron chi connectivity index (χ3n) is 3.99. The van der Waals surface area contributed by atoms with Crippen LogP contribution in [0.5, 0.6) is 0 Å². The lowest BCUT2D eigenvalue weighted by atomic mass is 10.2. The summed E-state index contributed by atoms with van der Waals surface area (Å²) in [6, 6.07) is 8.08. The number of carbonyl (C=O) groups is 1. The Morgan fingerprint density at radius 2 is 1.69 bits per heavy atom. The van der Waals surface area contributed by atoms with E-state index in [4.69, 9.17) is 4.74 Å². The van der Waals surface area contributed by atoms with E-state index in [1.54, 1.807) is 0 Å². The van der Waals surface area contributed by atoms with Gasteiger partial charge in [-0.3, -0.25) is 9.52 Å². The number of nitrogens with one attached hydrogen (secondary N) is 2. The lowest BCUT2D eigenvalue weighted by Gasteiger charge is -2.10. The molecule has 29 heavy (non-hydrogen) atoms. The molecule has 0 aliphatic carbocycles. The first kappa shape index (κ1) is 22.8. The summed E-state index contributed by atoms with van der Waals surface area (Å²) in [5.41, 5.74) is 0.559. The van der Waals surface area contributed by atoms with Gasteiger partial charge in [0.1, 0.15) is 0 Å². The number of benzene rings is 2. The summed E-state index contributed by atoms with van der Waals surface area (Å²) in [5, 5.41) is 2.76. The van der Waals surface area contributed by atoms with Gasteiger partial charge in [0, 0.05) is 31.0 Å². The smallest absolute Gasteiger partial charge is 0.261 e. The van der Waals surface area contributed by atoms with Crippen molar-refractivity contribution in [2.24, 2.45) is 0 Å². The lowest BCUT2D eigenvalue weighted by Crippen LogP contribution is -2.25. The number of sulfonamides is 1. The Labute approximate surface area is 169 Å². The van der Waals surface area contributed by atoms with Crippen molar-refractivity contribution in [2.45, 2.75) is 31.1 Å². The van der Waals surface area contributed by atoms with Crippen LogP contribution in [0.2, 0.25) is 0 Å².